The number of hydrogen-bond donors (Lipinski definition) is 1. The summed E-state index contributed by atoms with van der Waals surface area (Å²) in [7, 11) is -7.54. The minimum atomic E-state index is -3.82. The number of sulfonamides is 2. The van der Waals surface area contributed by atoms with Crippen molar-refractivity contribution in [3.05, 3.63) is 53.1 Å². The Morgan fingerprint density at radius 1 is 1.09 bits per heavy atom. The third-order valence-corrected chi connectivity index (χ3v) is 8.18. The first-order chi connectivity index (χ1) is 15.0. The Balaban J connectivity index is 1.80. The zero-order valence-corrected chi connectivity index (χ0v) is 20.0. The summed E-state index contributed by atoms with van der Waals surface area (Å²) in [6.07, 6.45) is 0.975. The summed E-state index contributed by atoms with van der Waals surface area (Å²) in [6, 6.07) is 10.4. The summed E-state index contributed by atoms with van der Waals surface area (Å²) in [5, 5.41) is 3.09. The average Bonchev–Trinajstić information content (AvgIpc) is 2.74. The van der Waals surface area contributed by atoms with Crippen LogP contribution in [0.25, 0.3) is 0 Å². The van der Waals surface area contributed by atoms with Crippen molar-refractivity contribution in [3.63, 3.8) is 0 Å². The highest BCUT2D eigenvalue weighted by Crippen LogP contribution is 2.24. The zero-order chi connectivity index (χ0) is 23.5. The van der Waals surface area contributed by atoms with E-state index >= 15 is 0 Å². The van der Waals surface area contributed by atoms with E-state index in [-0.39, 0.29) is 23.7 Å². The molecule has 1 fully saturated rings. The SMILES string of the molecule is Cc1ccc(Cl)cc1NC(=O)CN(c1ccc(S(=O)(=O)N2CCOCC2)cc1)S(C)(=O)=O. The predicted octanol–water partition coefficient (Wildman–Crippen LogP) is 2.07. The van der Waals surface area contributed by atoms with Gasteiger partial charge in [-0.05, 0) is 48.9 Å². The Labute approximate surface area is 193 Å². The van der Waals surface area contributed by atoms with Crippen LogP contribution in [0.4, 0.5) is 11.4 Å². The molecule has 2 aromatic carbocycles. The molecule has 1 aliphatic rings. The van der Waals surface area contributed by atoms with Crippen LogP contribution in [0, 0.1) is 6.92 Å². The van der Waals surface area contributed by atoms with E-state index in [1.807, 2.05) is 0 Å². The molecular weight excluding hydrogens is 478 g/mol. The van der Waals surface area contributed by atoms with Crippen LogP contribution in [-0.4, -0.2) is 66.2 Å². The molecular formula is C20H24ClN3O6S2. The fourth-order valence-electron chi connectivity index (χ4n) is 3.17. The summed E-state index contributed by atoms with van der Waals surface area (Å²) in [5.74, 6) is -0.564. The molecule has 0 aliphatic carbocycles. The number of carbonyl (C=O) groups excluding carboxylic acids is 1. The van der Waals surface area contributed by atoms with E-state index in [1.54, 1.807) is 25.1 Å². The minimum Gasteiger partial charge on any atom is -0.379 e. The first-order valence-corrected chi connectivity index (χ1v) is 13.4. The van der Waals surface area contributed by atoms with Crippen LogP contribution in [0.3, 0.4) is 0 Å². The highest BCUT2D eigenvalue weighted by atomic mass is 35.5. The largest absolute Gasteiger partial charge is 0.379 e. The van der Waals surface area contributed by atoms with Crippen LogP contribution in [0.1, 0.15) is 5.56 Å². The predicted molar refractivity (Wildman–Crippen MR) is 123 cm³/mol. The molecule has 0 spiro atoms. The molecule has 0 unspecified atom stereocenters. The number of nitrogens with zero attached hydrogens (tertiary/aromatic N) is 2. The number of nitrogens with one attached hydrogen (secondary N) is 1. The van der Waals surface area contributed by atoms with Gasteiger partial charge in [0.05, 0.1) is 30.1 Å². The average molecular weight is 502 g/mol. The van der Waals surface area contributed by atoms with Gasteiger partial charge in [-0.25, -0.2) is 16.8 Å². The topological polar surface area (TPSA) is 113 Å². The molecule has 1 N–H and O–H groups in total. The number of hydrogen-bond acceptors (Lipinski definition) is 6. The van der Waals surface area contributed by atoms with E-state index in [0.717, 1.165) is 16.1 Å². The number of ether oxygens (including phenoxy) is 1. The molecule has 0 atom stereocenters. The van der Waals surface area contributed by atoms with Crippen LogP contribution < -0.4 is 9.62 Å². The molecule has 0 saturated carbocycles. The van der Waals surface area contributed by atoms with Crippen molar-refractivity contribution in [1.29, 1.82) is 0 Å². The van der Waals surface area contributed by atoms with Crippen LogP contribution in [-0.2, 0) is 29.6 Å². The lowest BCUT2D eigenvalue weighted by Gasteiger charge is -2.26. The van der Waals surface area contributed by atoms with Crippen molar-refractivity contribution < 1.29 is 26.4 Å². The van der Waals surface area contributed by atoms with Crippen molar-refractivity contribution in [2.75, 3.05) is 48.7 Å². The Kier molecular flexibility index (Phi) is 7.46. The third-order valence-electron chi connectivity index (χ3n) is 4.89. The van der Waals surface area contributed by atoms with Crippen LogP contribution in [0.5, 0.6) is 0 Å². The first-order valence-electron chi connectivity index (χ1n) is 9.70. The lowest BCUT2D eigenvalue weighted by molar-refractivity contribution is -0.114. The lowest BCUT2D eigenvalue weighted by atomic mass is 10.2. The van der Waals surface area contributed by atoms with Gasteiger partial charge in [0.15, 0.2) is 0 Å². The molecule has 2 aromatic rings. The Morgan fingerprint density at radius 3 is 2.31 bits per heavy atom. The molecule has 12 heteroatoms. The van der Waals surface area contributed by atoms with E-state index in [4.69, 9.17) is 16.3 Å². The quantitative estimate of drug-likeness (QED) is 0.621. The Hall–Kier alpha value is -2.18. The molecule has 1 heterocycles. The number of rotatable bonds is 7. The van der Waals surface area contributed by atoms with Gasteiger partial charge < -0.3 is 10.1 Å². The van der Waals surface area contributed by atoms with Crippen LogP contribution in [0.2, 0.25) is 5.02 Å². The lowest BCUT2D eigenvalue weighted by Crippen LogP contribution is -2.40. The van der Waals surface area contributed by atoms with Gasteiger partial charge in [0.2, 0.25) is 26.0 Å². The van der Waals surface area contributed by atoms with Gasteiger partial charge in [-0.3, -0.25) is 9.10 Å². The standard InChI is InChI=1S/C20H24ClN3O6S2/c1-15-3-4-16(21)13-19(15)22-20(25)14-24(31(2,26)27)17-5-7-18(8-6-17)32(28,29)23-9-11-30-12-10-23/h3-8,13H,9-12,14H2,1-2H3,(H,22,25). The summed E-state index contributed by atoms with van der Waals surface area (Å²) in [4.78, 5) is 12.6. The van der Waals surface area contributed by atoms with Gasteiger partial charge in [-0.1, -0.05) is 17.7 Å². The Bertz CT molecular complexity index is 1190. The van der Waals surface area contributed by atoms with Crippen molar-refractivity contribution >= 4 is 48.9 Å². The van der Waals surface area contributed by atoms with E-state index in [0.29, 0.717) is 23.9 Å². The molecule has 3 rings (SSSR count). The van der Waals surface area contributed by atoms with E-state index in [2.05, 4.69) is 5.32 Å². The van der Waals surface area contributed by atoms with E-state index in [9.17, 15) is 21.6 Å². The number of amides is 1. The molecule has 0 radical (unpaired) electrons. The third kappa shape index (κ3) is 5.78. The monoisotopic (exact) mass is 501 g/mol. The highest BCUT2D eigenvalue weighted by Gasteiger charge is 2.27. The van der Waals surface area contributed by atoms with Gasteiger partial charge in [-0.15, -0.1) is 0 Å². The van der Waals surface area contributed by atoms with Gasteiger partial charge >= 0.3 is 0 Å². The summed E-state index contributed by atoms with van der Waals surface area (Å²) >= 11 is 5.97. The number of halogens is 1. The second-order valence-electron chi connectivity index (χ2n) is 7.29. The molecule has 9 nitrogen and oxygen atoms in total. The van der Waals surface area contributed by atoms with Gasteiger partial charge in [0, 0.05) is 23.8 Å². The molecule has 174 valence electrons. The van der Waals surface area contributed by atoms with Crippen molar-refractivity contribution in [1.82, 2.24) is 4.31 Å². The van der Waals surface area contributed by atoms with E-state index < -0.39 is 32.5 Å². The smallest absolute Gasteiger partial charge is 0.245 e. The number of aryl methyl sites for hydroxylation is 1. The van der Waals surface area contributed by atoms with E-state index in [1.165, 1.54) is 28.6 Å². The van der Waals surface area contributed by atoms with Crippen molar-refractivity contribution in [2.45, 2.75) is 11.8 Å². The number of morpholine rings is 1. The summed E-state index contributed by atoms with van der Waals surface area (Å²) in [5.41, 5.74) is 1.42. The second kappa shape index (κ2) is 9.75. The maximum atomic E-state index is 12.8. The van der Waals surface area contributed by atoms with Crippen LogP contribution in [0.15, 0.2) is 47.4 Å². The number of benzene rings is 2. The molecule has 1 amide bonds. The normalized spacial score (nSPS) is 15.3. The van der Waals surface area contributed by atoms with Gasteiger partial charge in [0.1, 0.15) is 6.54 Å². The molecule has 0 bridgehead atoms. The minimum absolute atomic E-state index is 0.0376. The Morgan fingerprint density at radius 2 is 1.72 bits per heavy atom. The molecule has 32 heavy (non-hydrogen) atoms. The fourth-order valence-corrected chi connectivity index (χ4v) is 5.61. The van der Waals surface area contributed by atoms with Gasteiger partial charge in [0.25, 0.3) is 0 Å². The summed E-state index contributed by atoms with van der Waals surface area (Å²) in [6.45, 7) is 2.44. The molecule has 0 aromatic heterocycles. The highest BCUT2D eigenvalue weighted by molar-refractivity contribution is 7.92. The maximum Gasteiger partial charge on any atom is 0.245 e. The van der Waals surface area contributed by atoms with Gasteiger partial charge in [-0.2, -0.15) is 4.31 Å². The van der Waals surface area contributed by atoms with Crippen molar-refractivity contribution in [2.24, 2.45) is 0 Å². The first kappa shape index (κ1) is 24.5. The van der Waals surface area contributed by atoms with Crippen molar-refractivity contribution in [3.8, 4) is 0 Å². The zero-order valence-electron chi connectivity index (χ0n) is 17.6. The van der Waals surface area contributed by atoms with Crippen LogP contribution >= 0.6 is 11.6 Å². The maximum absolute atomic E-state index is 12.8. The molecule has 1 aliphatic heterocycles. The number of carbonyl (C=O) groups is 1. The number of anilines is 2. The summed E-state index contributed by atoms with van der Waals surface area (Å²) < 4.78 is 57.7. The molecule has 1 saturated heterocycles. The fraction of sp³-hybridized carbons (Fsp3) is 0.350. The second-order valence-corrected chi connectivity index (χ2v) is 11.6.